The minimum atomic E-state index is -1.79. The van der Waals surface area contributed by atoms with Crippen molar-refractivity contribution in [3.63, 3.8) is 0 Å². The van der Waals surface area contributed by atoms with Crippen LogP contribution in [-0.4, -0.2) is 44.9 Å². The van der Waals surface area contributed by atoms with Gasteiger partial charge in [0.1, 0.15) is 22.7 Å². The minimum Gasteiger partial charge on any atom is -0.507 e. The van der Waals surface area contributed by atoms with Crippen molar-refractivity contribution in [3.8, 4) is 11.5 Å². The molecule has 1 unspecified atom stereocenters. The predicted molar refractivity (Wildman–Crippen MR) is 75.9 cm³/mol. The lowest BCUT2D eigenvalue weighted by Crippen LogP contribution is -2.29. The van der Waals surface area contributed by atoms with Gasteiger partial charge < -0.3 is 25.2 Å². The van der Waals surface area contributed by atoms with E-state index in [2.05, 4.69) is 0 Å². The molecular weight excluding hydrogens is 292 g/mol. The first-order chi connectivity index (χ1) is 10.2. The van der Waals surface area contributed by atoms with Crippen molar-refractivity contribution in [2.75, 3.05) is 7.11 Å². The number of allylic oxidation sites excluding steroid dienone is 1. The summed E-state index contributed by atoms with van der Waals surface area (Å²) in [7, 11) is 1.32. The van der Waals surface area contributed by atoms with Crippen LogP contribution in [0.1, 0.15) is 22.8 Å². The summed E-state index contributed by atoms with van der Waals surface area (Å²) in [4.78, 5) is 23.0. The highest BCUT2D eigenvalue weighted by molar-refractivity contribution is 6.11. The molecular formula is C15H14O7. The summed E-state index contributed by atoms with van der Waals surface area (Å²) in [5.74, 6) is -3.26. The van der Waals surface area contributed by atoms with Crippen LogP contribution < -0.4 is 4.74 Å². The highest BCUT2D eigenvalue weighted by Gasteiger charge is 2.35. The monoisotopic (exact) mass is 306 g/mol. The van der Waals surface area contributed by atoms with Crippen molar-refractivity contribution in [1.29, 1.82) is 0 Å². The zero-order chi connectivity index (χ0) is 16.7. The number of carbonyl (C=O) groups excluding carboxylic acids is 1. The van der Waals surface area contributed by atoms with Gasteiger partial charge in [-0.25, -0.2) is 4.79 Å². The molecule has 0 saturated heterocycles. The van der Waals surface area contributed by atoms with Gasteiger partial charge >= 0.3 is 5.97 Å². The number of methoxy groups -OCH3 is 1. The maximum absolute atomic E-state index is 11.6. The molecule has 0 aliphatic heterocycles. The minimum absolute atomic E-state index is 0.0677. The number of ketones is 1. The van der Waals surface area contributed by atoms with Crippen LogP contribution in [0.15, 0.2) is 30.0 Å². The zero-order valence-corrected chi connectivity index (χ0v) is 11.8. The predicted octanol–water partition coefficient (Wildman–Crippen LogP) is 1.26. The third kappa shape index (κ3) is 2.53. The normalized spacial score (nSPS) is 21.1. The van der Waals surface area contributed by atoms with Crippen molar-refractivity contribution in [2.45, 2.75) is 12.5 Å². The Labute approximate surface area is 125 Å². The average Bonchev–Trinajstić information content (AvgIpc) is 2.40. The molecule has 116 valence electrons. The topological polar surface area (TPSA) is 124 Å². The number of aliphatic hydroxyl groups is 2. The molecule has 0 saturated carbocycles. The summed E-state index contributed by atoms with van der Waals surface area (Å²) in [6.45, 7) is 1.28. The summed E-state index contributed by atoms with van der Waals surface area (Å²) in [6.07, 6.45) is 1.84. The number of carboxylic acids is 1. The first-order valence-electron chi connectivity index (χ1n) is 6.22. The summed E-state index contributed by atoms with van der Waals surface area (Å²) in [5, 5.41) is 38.9. The third-order valence-corrected chi connectivity index (χ3v) is 3.32. The van der Waals surface area contributed by atoms with Gasteiger partial charge in [0, 0.05) is 11.6 Å². The number of aliphatic hydroxyl groups excluding tert-OH is 1. The number of carboxylic acid groups (broad SMARTS) is 1. The number of benzene rings is 1. The molecule has 0 heterocycles. The second-order valence-electron chi connectivity index (χ2n) is 4.97. The van der Waals surface area contributed by atoms with Gasteiger partial charge in [0.05, 0.1) is 7.11 Å². The molecule has 1 aromatic carbocycles. The molecule has 0 bridgehead atoms. The SMILES string of the molecule is COc1cc(O)c(C(=O)O)c(C2=CC(=O)C(O)=CC2(C)O)c1. The Morgan fingerprint density at radius 3 is 2.45 bits per heavy atom. The Kier molecular flexibility index (Phi) is 3.68. The van der Waals surface area contributed by atoms with E-state index in [1.165, 1.54) is 20.1 Å². The second kappa shape index (κ2) is 5.19. The van der Waals surface area contributed by atoms with Gasteiger partial charge in [-0.15, -0.1) is 0 Å². The van der Waals surface area contributed by atoms with Gasteiger partial charge in [-0.3, -0.25) is 4.79 Å². The van der Waals surface area contributed by atoms with Crippen molar-refractivity contribution in [1.82, 2.24) is 0 Å². The van der Waals surface area contributed by atoms with Crippen LogP contribution in [0.5, 0.6) is 11.5 Å². The summed E-state index contributed by atoms with van der Waals surface area (Å²) >= 11 is 0. The molecule has 7 heteroatoms. The Morgan fingerprint density at radius 1 is 1.27 bits per heavy atom. The molecule has 1 aliphatic rings. The molecule has 22 heavy (non-hydrogen) atoms. The van der Waals surface area contributed by atoms with Crippen molar-refractivity contribution in [2.24, 2.45) is 0 Å². The van der Waals surface area contributed by atoms with Crippen LogP contribution in [0.2, 0.25) is 0 Å². The van der Waals surface area contributed by atoms with Gasteiger partial charge in [-0.2, -0.15) is 0 Å². The summed E-state index contributed by atoms with van der Waals surface area (Å²) in [5.41, 5.74) is -2.41. The Balaban J connectivity index is 2.76. The van der Waals surface area contributed by atoms with Crippen LogP contribution in [0, 0.1) is 0 Å². The molecule has 4 N–H and O–H groups in total. The Morgan fingerprint density at radius 2 is 1.91 bits per heavy atom. The molecule has 0 amide bonds. The third-order valence-electron chi connectivity index (χ3n) is 3.32. The molecule has 1 aliphatic carbocycles. The Bertz CT molecular complexity index is 726. The van der Waals surface area contributed by atoms with E-state index < -0.39 is 34.4 Å². The molecule has 0 radical (unpaired) electrons. The van der Waals surface area contributed by atoms with Gasteiger partial charge in [-0.05, 0) is 30.7 Å². The van der Waals surface area contributed by atoms with Gasteiger partial charge in [0.2, 0.25) is 5.78 Å². The molecule has 1 atom stereocenters. The van der Waals surface area contributed by atoms with E-state index in [0.29, 0.717) is 0 Å². The first-order valence-corrected chi connectivity index (χ1v) is 6.22. The number of hydrogen-bond acceptors (Lipinski definition) is 6. The quantitative estimate of drug-likeness (QED) is 0.662. The lowest BCUT2D eigenvalue weighted by molar-refractivity contribution is -0.114. The van der Waals surface area contributed by atoms with E-state index in [1.807, 2.05) is 0 Å². The molecule has 0 fully saturated rings. The van der Waals surface area contributed by atoms with Crippen LogP contribution in [0.25, 0.3) is 5.57 Å². The number of phenols is 1. The number of ether oxygens (including phenoxy) is 1. The first kappa shape index (κ1) is 15.6. The zero-order valence-electron chi connectivity index (χ0n) is 11.8. The summed E-state index contributed by atoms with van der Waals surface area (Å²) < 4.78 is 4.97. The van der Waals surface area contributed by atoms with Crippen LogP contribution in [0.4, 0.5) is 0 Å². The van der Waals surface area contributed by atoms with E-state index in [9.17, 15) is 30.0 Å². The standard InChI is InChI=1S/C15H14O7/c1-15(21)6-12(18)10(16)5-9(15)8-3-7(22-2)4-11(17)13(8)14(19)20/h3-6,17-18,21H,1-2H3,(H,19,20). The van der Waals surface area contributed by atoms with Crippen molar-refractivity contribution < 1.29 is 34.8 Å². The summed E-state index contributed by atoms with van der Waals surface area (Å²) in [6, 6.07) is 2.40. The van der Waals surface area contributed by atoms with E-state index in [0.717, 1.165) is 18.2 Å². The van der Waals surface area contributed by atoms with Gasteiger partial charge in [0.15, 0.2) is 5.76 Å². The van der Waals surface area contributed by atoms with Crippen molar-refractivity contribution in [3.05, 3.63) is 41.2 Å². The fraction of sp³-hybridized carbons (Fsp3) is 0.200. The van der Waals surface area contributed by atoms with Crippen molar-refractivity contribution >= 4 is 17.3 Å². The van der Waals surface area contributed by atoms with Crippen LogP contribution >= 0.6 is 0 Å². The maximum atomic E-state index is 11.6. The van der Waals surface area contributed by atoms with Gasteiger partial charge in [0.25, 0.3) is 0 Å². The lowest BCUT2D eigenvalue weighted by Gasteiger charge is -2.27. The molecule has 1 aromatic rings. The highest BCUT2D eigenvalue weighted by atomic mass is 16.5. The maximum Gasteiger partial charge on any atom is 0.340 e. The van der Waals surface area contributed by atoms with E-state index in [1.54, 1.807) is 0 Å². The molecule has 2 rings (SSSR count). The number of rotatable bonds is 3. The fourth-order valence-corrected chi connectivity index (χ4v) is 2.27. The lowest BCUT2D eigenvalue weighted by atomic mass is 9.82. The second-order valence-corrected chi connectivity index (χ2v) is 4.97. The smallest absolute Gasteiger partial charge is 0.340 e. The Hall–Kier alpha value is -2.80. The van der Waals surface area contributed by atoms with E-state index in [-0.39, 0.29) is 16.9 Å². The van der Waals surface area contributed by atoms with Crippen LogP contribution in [-0.2, 0) is 4.79 Å². The molecule has 7 nitrogen and oxygen atoms in total. The fourth-order valence-electron chi connectivity index (χ4n) is 2.27. The van der Waals surface area contributed by atoms with E-state index in [4.69, 9.17) is 4.74 Å². The highest BCUT2D eigenvalue weighted by Crippen LogP contribution is 2.39. The molecule has 0 aromatic heterocycles. The number of aromatic carboxylic acids is 1. The molecule has 0 spiro atoms. The van der Waals surface area contributed by atoms with Crippen LogP contribution in [0.3, 0.4) is 0 Å². The average molecular weight is 306 g/mol. The number of aromatic hydroxyl groups is 1. The van der Waals surface area contributed by atoms with E-state index >= 15 is 0 Å². The number of hydrogen-bond donors (Lipinski definition) is 4. The van der Waals surface area contributed by atoms with Gasteiger partial charge in [-0.1, -0.05) is 0 Å². The largest absolute Gasteiger partial charge is 0.507 e. The number of carbonyl (C=O) groups is 2.